The molecule has 2 aromatic rings. The number of nitrogen functional groups attached to an aromatic ring is 1. The Labute approximate surface area is 129 Å². The predicted octanol–water partition coefficient (Wildman–Crippen LogP) is 3.42. The normalized spacial score (nSPS) is 21.3. The second-order valence-corrected chi connectivity index (χ2v) is 6.18. The molecule has 1 aliphatic carbocycles. The average Bonchev–Trinajstić information content (AvgIpc) is 3.24. The van der Waals surface area contributed by atoms with E-state index < -0.39 is 0 Å². The number of hydrogen-bond acceptors (Lipinski definition) is 4. The number of nitrogens with zero attached hydrogens (tertiary/aromatic N) is 3. The van der Waals surface area contributed by atoms with Gasteiger partial charge in [0.05, 0.1) is 17.9 Å². The summed E-state index contributed by atoms with van der Waals surface area (Å²) < 4.78 is 13.1. The zero-order valence-electron chi connectivity index (χ0n) is 12.4. The summed E-state index contributed by atoms with van der Waals surface area (Å²) >= 11 is 0. The first-order chi connectivity index (χ1) is 10.7. The van der Waals surface area contributed by atoms with Crippen LogP contribution in [0, 0.1) is 5.82 Å². The highest BCUT2D eigenvalue weighted by molar-refractivity contribution is 5.50. The van der Waals surface area contributed by atoms with Gasteiger partial charge in [0, 0.05) is 12.5 Å². The molecule has 1 aliphatic heterocycles. The van der Waals surface area contributed by atoms with Crippen LogP contribution < -0.4 is 10.6 Å². The van der Waals surface area contributed by atoms with Crippen molar-refractivity contribution in [3.05, 3.63) is 47.5 Å². The first-order valence-electron chi connectivity index (χ1n) is 7.87. The lowest BCUT2D eigenvalue weighted by molar-refractivity contribution is 0.624. The molecule has 1 aromatic carbocycles. The molecule has 22 heavy (non-hydrogen) atoms. The fraction of sp³-hybridized carbons (Fsp3) is 0.412. The summed E-state index contributed by atoms with van der Waals surface area (Å²) in [7, 11) is 0. The minimum atomic E-state index is -0.203. The Hall–Kier alpha value is -2.17. The van der Waals surface area contributed by atoms with Crippen LogP contribution in [0.3, 0.4) is 0 Å². The summed E-state index contributed by atoms with van der Waals surface area (Å²) in [5.41, 5.74) is 8.15. The third-order valence-corrected chi connectivity index (χ3v) is 4.58. The van der Waals surface area contributed by atoms with Crippen LogP contribution in [0.5, 0.6) is 0 Å². The molecule has 0 spiro atoms. The quantitative estimate of drug-likeness (QED) is 0.943. The Balaban J connectivity index is 1.63. The van der Waals surface area contributed by atoms with Crippen molar-refractivity contribution in [3.8, 4) is 0 Å². The minimum Gasteiger partial charge on any atom is -0.382 e. The second kappa shape index (κ2) is 5.23. The van der Waals surface area contributed by atoms with E-state index in [1.807, 2.05) is 18.3 Å². The Morgan fingerprint density at radius 3 is 2.59 bits per heavy atom. The maximum Gasteiger partial charge on any atom is 0.150 e. The lowest BCUT2D eigenvalue weighted by atomic mass is 10.0. The van der Waals surface area contributed by atoms with Gasteiger partial charge in [-0.05, 0) is 43.4 Å². The van der Waals surface area contributed by atoms with Crippen LogP contribution in [0.2, 0.25) is 0 Å². The summed E-state index contributed by atoms with van der Waals surface area (Å²) in [6.07, 6.45) is 6.30. The third kappa shape index (κ3) is 2.40. The average molecular weight is 298 g/mol. The highest BCUT2D eigenvalue weighted by atomic mass is 19.1. The Morgan fingerprint density at radius 2 is 1.91 bits per heavy atom. The van der Waals surface area contributed by atoms with Gasteiger partial charge in [0.2, 0.25) is 0 Å². The van der Waals surface area contributed by atoms with Gasteiger partial charge in [-0.3, -0.25) is 4.98 Å². The Bertz CT molecular complexity index is 682. The molecule has 2 heterocycles. The molecule has 2 aliphatic rings. The minimum absolute atomic E-state index is 0.203. The van der Waals surface area contributed by atoms with Crippen molar-refractivity contribution in [2.24, 2.45) is 0 Å². The molecule has 1 aromatic heterocycles. The van der Waals surface area contributed by atoms with E-state index in [0.29, 0.717) is 11.7 Å². The number of halogens is 1. The molecule has 5 heteroatoms. The van der Waals surface area contributed by atoms with E-state index in [-0.39, 0.29) is 11.9 Å². The van der Waals surface area contributed by atoms with Gasteiger partial charge in [0.1, 0.15) is 17.5 Å². The summed E-state index contributed by atoms with van der Waals surface area (Å²) in [6.45, 7) is 0.930. The van der Waals surface area contributed by atoms with E-state index in [2.05, 4.69) is 14.9 Å². The van der Waals surface area contributed by atoms with Gasteiger partial charge in [0.15, 0.2) is 0 Å². The molecule has 4 rings (SSSR count). The van der Waals surface area contributed by atoms with Crippen molar-refractivity contribution in [1.29, 1.82) is 0 Å². The van der Waals surface area contributed by atoms with Crippen LogP contribution in [0.1, 0.15) is 48.9 Å². The van der Waals surface area contributed by atoms with E-state index in [1.54, 1.807) is 0 Å². The molecule has 114 valence electrons. The molecule has 1 saturated heterocycles. The van der Waals surface area contributed by atoms with E-state index in [1.165, 1.54) is 25.0 Å². The van der Waals surface area contributed by atoms with E-state index in [9.17, 15) is 4.39 Å². The van der Waals surface area contributed by atoms with Gasteiger partial charge in [-0.2, -0.15) is 0 Å². The molecule has 1 unspecified atom stereocenters. The van der Waals surface area contributed by atoms with E-state index in [0.717, 1.165) is 36.5 Å². The highest BCUT2D eigenvalue weighted by Crippen LogP contribution is 2.42. The predicted molar refractivity (Wildman–Crippen MR) is 84.1 cm³/mol. The molecule has 2 N–H and O–H groups in total. The number of rotatable bonds is 3. The highest BCUT2D eigenvalue weighted by Gasteiger charge is 2.30. The Kier molecular flexibility index (Phi) is 3.21. The van der Waals surface area contributed by atoms with Crippen molar-refractivity contribution in [3.63, 3.8) is 0 Å². The SMILES string of the molecule is Nc1nc(N2CCCC2c2ccc(F)cc2)cnc1C1CC1. The van der Waals surface area contributed by atoms with E-state index in [4.69, 9.17) is 5.73 Å². The summed E-state index contributed by atoms with van der Waals surface area (Å²) in [5, 5.41) is 0. The fourth-order valence-corrected chi connectivity index (χ4v) is 3.29. The molecule has 0 amide bonds. The van der Waals surface area contributed by atoms with Gasteiger partial charge in [-0.25, -0.2) is 9.37 Å². The monoisotopic (exact) mass is 298 g/mol. The van der Waals surface area contributed by atoms with Crippen LogP contribution >= 0.6 is 0 Å². The zero-order valence-corrected chi connectivity index (χ0v) is 12.4. The second-order valence-electron chi connectivity index (χ2n) is 6.18. The first-order valence-corrected chi connectivity index (χ1v) is 7.87. The summed E-state index contributed by atoms with van der Waals surface area (Å²) in [6, 6.07) is 6.96. The van der Waals surface area contributed by atoms with Crippen LogP contribution in [-0.2, 0) is 0 Å². The van der Waals surface area contributed by atoms with Gasteiger partial charge in [-0.1, -0.05) is 12.1 Å². The lowest BCUT2D eigenvalue weighted by Gasteiger charge is -2.26. The van der Waals surface area contributed by atoms with Crippen molar-refractivity contribution in [1.82, 2.24) is 9.97 Å². The van der Waals surface area contributed by atoms with Crippen LogP contribution in [0.25, 0.3) is 0 Å². The molecule has 0 bridgehead atoms. The number of nitrogens with two attached hydrogens (primary N) is 1. The van der Waals surface area contributed by atoms with Crippen molar-refractivity contribution in [2.45, 2.75) is 37.6 Å². The molecular formula is C17H19FN4. The number of anilines is 2. The molecule has 1 atom stereocenters. The van der Waals surface area contributed by atoms with Crippen LogP contribution in [0.4, 0.5) is 16.0 Å². The standard InChI is InChI=1S/C17H19FN4/c18-13-7-5-11(6-8-13)14-2-1-9-22(14)15-10-20-16(12-3-4-12)17(19)21-15/h5-8,10,12,14H,1-4,9H2,(H2,19,21). The van der Waals surface area contributed by atoms with Gasteiger partial charge in [0.25, 0.3) is 0 Å². The smallest absolute Gasteiger partial charge is 0.150 e. The molecular weight excluding hydrogens is 279 g/mol. The van der Waals surface area contributed by atoms with Gasteiger partial charge >= 0.3 is 0 Å². The lowest BCUT2D eigenvalue weighted by Crippen LogP contribution is -2.24. The summed E-state index contributed by atoms with van der Waals surface area (Å²) in [4.78, 5) is 11.3. The number of hydrogen-bond donors (Lipinski definition) is 1. The summed E-state index contributed by atoms with van der Waals surface area (Å²) in [5.74, 6) is 1.69. The zero-order chi connectivity index (χ0) is 15.1. The topological polar surface area (TPSA) is 55.0 Å². The molecule has 2 fully saturated rings. The van der Waals surface area contributed by atoms with Crippen molar-refractivity contribution in [2.75, 3.05) is 17.2 Å². The number of benzene rings is 1. The fourth-order valence-electron chi connectivity index (χ4n) is 3.29. The Morgan fingerprint density at radius 1 is 1.14 bits per heavy atom. The first kappa shape index (κ1) is 13.5. The van der Waals surface area contributed by atoms with Crippen molar-refractivity contribution >= 4 is 11.6 Å². The van der Waals surface area contributed by atoms with Gasteiger partial charge in [-0.15, -0.1) is 0 Å². The molecule has 0 radical (unpaired) electrons. The maximum absolute atomic E-state index is 13.1. The third-order valence-electron chi connectivity index (χ3n) is 4.58. The van der Waals surface area contributed by atoms with Crippen molar-refractivity contribution < 1.29 is 4.39 Å². The largest absolute Gasteiger partial charge is 0.382 e. The molecule has 1 saturated carbocycles. The van der Waals surface area contributed by atoms with E-state index >= 15 is 0 Å². The van der Waals surface area contributed by atoms with Crippen LogP contribution in [0.15, 0.2) is 30.5 Å². The maximum atomic E-state index is 13.1. The molecule has 4 nitrogen and oxygen atoms in total. The van der Waals surface area contributed by atoms with Gasteiger partial charge < -0.3 is 10.6 Å². The van der Waals surface area contributed by atoms with Crippen LogP contribution in [-0.4, -0.2) is 16.5 Å². The number of aromatic nitrogens is 2.